The van der Waals surface area contributed by atoms with E-state index in [1.54, 1.807) is 50.2 Å². The Kier molecular flexibility index (Phi) is 8.02. The second kappa shape index (κ2) is 11.4. The van der Waals surface area contributed by atoms with Crippen LogP contribution in [0.3, 0.4) is 0 Å². The van der Waals surface area contributed by atoms with Crippen LogP contribution in [-0.2, 0) is 25.5 Å². The van der Waals surface area contributed by atoms with E-state index in [1.807, 2.05) is 0 Å². The third-order valence-electron chi connectivity index (χ3n) is 6.03. The number of phenolic OH excluding ortho intramolecular Hbond substituents is 1. The number of aliphatic hydroxyl groups excluding tert-OH is 1. The third kappa shape index (κ3) is 5.35. The average molecular weight is 536 g/mol. The van der Waals surface area contributed by atoms with Crippen LogP contribution in [0.5, 0.6) is 11.5 Å². The molecule has 0 radical (unpaired) electrons. The van der Waals surface area contributed by atoms with E-state index in [1.165, 1.54) is 35.2 Å². The largest absolute Gasteiger partial charge is 0.508 e. The Bertz CT molecular complexity index is 1400. The lowest BCUT2D eigenvalue weighted by Gasteiger charge is -2.25. The molecule has 1 heterocycles. The molecule has 0 aromatic heterocycles. The Morgan fingerprint density at radius 3 is 2.29 bits per heavy atom. The summed E-state index contributed by atoms with van der Waals surface area (Å²) in [5.74, 6) is -2.13. The molecule has 0 saturated carbocycles. The summed E-state index contributed by atoms with van der Waals surface area (Å²) in [4.78, 5) is 39.8. The van der Waals surface area contributed by atoms with Crippen molar-refractivity contribution in [3.05, 3.63) is 94.0 Å². The van der Waals surface area contributed by atoms with Crippen molar-refractivity contribution >= 4 is 40.7 Å². The van der Waals surface area contributed by atoms with Gasteiger partial charge >= 0.3 is 5.97 Å². The van der Waals surface area contributed by atoms with Crippen LogP contribution in [0, 0.1) is 0 Å². The standard InChI is InChI=1S/C29H26ClNO7/c1-3-37-23-16-19(9-14-22(23)30)27(34)25-26(18-7-12-21(32)13-8-18)31(29(36)28(25)35)20-10-5-17(6-11-20)15-24(33)38-4-2/h5-14,16,26,32,34H,3-4,15H2,1-2H3/b27-25-. The van der Waals surface area contributed by atoms with E-state index in [2.05, 4.69) is 0 Å². The summed E-state index contributed by atoms with van der Waals surface area (Å²) in [7, 11) is 0. The Morgan fingerprint density at radius 1 is 0.974 bits per heavy atom. The monoisotopic (exact) mass is 535 g/mol. The van der Waals surface area contributed by atoms with Crippen molar-refractivity contribution in [1.29, 1.82) is 0 Å². The zero-order valence-corrected chi connectivity index (χ0v) is 21.6. The molecule has 38 heavy (non-hydrogen) atoms. The van der Waals surface area contributed by atoms with Crippen LogP contribution >= 0.6 is 11.6 Å². The minimum absolute atomic E-state index is 0.00748. The van der Waals surface area contributed by atoms with E-state index < -0.39 is 17.7 Å². The van der Waals surface area contributed by atoms with Gasteiger partial charge in [-0.05, 0) is 67.4 Å². The maximum absolute atomic E-state index is 13.3. The normalized spacial score (nSPS) is 16.5. The van der Waals surface area contributed by atoms with E-state index in [0.717, 1.165) is 0 Å². The molecular weight excluding hydrogens is 510 g/mol. The number of benzene rings is 3. The van der Waals surface area contributed by atoms with E-state index in [4.69, 9.17) is 21.1 Å². The van der Waals surface area contributed by atoms with Crippen LogP contribution in [0.2, 0.25) is 5.02 Å². The summed E-state index contributed by atoms with van der Waals surface area (Å²) in [5, 5.41) is 21.5. The smallest absolute Gasteiger partial charge is 0.310 e. The predicted octanol–water partition coefficient (Wildman–Crippen LogP) is 5.18. The maximum atomic E-state index is 13.3. The number of ketones is 1. The third-order valence-corrected chi connectivity index (χ3v) is 6.34. The Morgan fingerprint density at radius 2 is 1.66 bits per heavy atom. The van der Waals surface area contributed by atoms with Gasteiger partial charge < -0.3 is 19.7 Å². The number of anilines is 1. The lowest BCUT2D eigenvalue weighted by atomic mass is 9.95. The highest BCUT2D eigenvalue weighted by Crippen LogP contribution is 2.43. The summed E-state index contributed by atoms with van der Waals surface area (Å²) in [6.45, 7) is 4.13. The van der Waals surface area contributed by atoms with Gasteiger partial charge in [-0.25, -0.2) is 0 Å². The average Bonchev–Trinajstić information content (AvgIpc) is 3.16. The van der Waals surface area contributed by atoms with Crippen molar-refractivity contribution in [2.24, 2.45) is 0 Å². The van der Waals surface area contributed by atoms with Gasteiger partial charge in [0.15, 0.2) is 0 Å². The van der Waals surface area contributed by atoms with Gasteiger partial charge in [0.1, 0.15) is 17.3 Å². The molecule has 1 amide bonds. The van der Waals surface area contributed by atoms with Crippen molar-refractivity contribution < 1.29 is 34.1 Å². The van der Waals surface area contributed by atoms with Crippen molar-refractivity contribution in [2.75, 3.05) is 18.1 Å². The van der Waals surface area contributed by atoms with E-state index in [-0.39, 0.29) is 41.6 Å². The summed E-state index contributed by atoms with van der Waals surface area (Å²) in [6, 6.07) is 16.2. The number of rotatable bonds is 8. The molecule has 1 fully saturated rings. The molecular formula is C29H26ClNO7. The molecule has 8 nitrogen and oxygen atoms in total. The summed E-state index contributed by atoms with van der Waals surface area (Å²) in [6.07, 6.45) is 0.0626. The topological polar surface area (TPSA) is 113 Å². The number of phenols is 1. The molecule has 9 heteroatoms. The molecule has 196 valence electrons. The Balaban J connectivity index is 1.82. The summed E-state index contributed by atoms with van der Waals surface area (Å²) < 4.78 is 10.5. The first-order chi connectivity index (χ1) is 18.2. The van der Waals surface area contributed by atoms with Crippen molar-refractivity contribution in [3.63, 3.8) is 0 Å². The maximum Gasteiger partial charge on any atom is 0.310 e. The highest BCUT2D eigenvalue weighted by atomic mass is 35.5. The first-order valence-electron chi connectivity index (χ1n) is 12.0. The predicted molar refractivity (Wildman–Crippen MR) is 142 cm³/mol. The lowest BCUT2D eigenvalue weighted by Crippen LogP contribution is -2.29. The lowest BCUT2D eigenvalue weighted by molar-refractivity contribution is -0.142. The van der Waals surface area contributed by atoms with Crippen LogP contribution in [0.4, 0.5) is 5.69 Å². The summed E-state index contributed by atoms with van der Waals surface area (Å²) in [5.41, 5.74) is 1.70. The molecule has 4 rings (SSSR count). The number of amides is 1. The van der Waals surface area contributed by atoms with Gasteiger partial charge in [-0.1, -0.05) is 35.9 Å². The quantitative estimate of drug-likeness (QED) is 0.177. The van der Waals surface area contributed by atoms with Crippen LogP contribution in [0.25, 0.3) is 5.76 Å². The molecule has 0 spiro atoms. The van der Waals surface area contributed by atoms with Crippen molar-refractivity contribution in [3.8, 4) is 11.5 Å². The number of nitrogens with zero attached hydrogens (tertiary/aromatic N) is 1. The fraction of sp³-hybridized carbons (Fsp3) is 0.207. The molecule has 1 aliphatic heterocycles. The highest BCUT2D eigenvalue weighted by Gasteiger charge is 2.47. The summed E-state index contributed by atoms with van der Waals surface area (Å²) >= 11 is 6.19. The van der Waals surface area contributed by atoms with Gasteiger partial charge in [-0.2, -0.15) is 0 Å². The zero-order chi connectivity index (χ0) is 27.4. The Labute approximate surface area is 224 Å². The molecule has 0 aliphatic carbocycles. The zero-order valence-electron chi connectivity index (χ0n) is 20.8. The fourth-order valence-corrected chi connectivity index (χ4v) is 4.47. The van der Waals surface area contributed by atoms with Gasteiger partial charge in [0.2, 0.25) is 0 Å². The molecule has 0 bridgehead atoms. The number of carbonyl (C=O) groups is 3. The highest BCUT2D eigenvalue weighted by molar-refractivity contribution is 6.51. The van der Waals surface area contributed by atoms with E-state index in [0.29, 0.717) is 34.2 Å². The number of aliphatic hydroxyl groups is 1. The van der Waals surface area contributed by atoms with E-state index >= 15 is 0 Å². The number of Topliss-reactive ketones (excluding diaryl/α,β-unsaturated/α-hetero) is 1. The first kappa shape index (κ1) is 26.8. The number of ether oxygens (including phenoxy) is 2. The van der Waals surface area contributed by atoms with Crippen LogP contribution < -0.4 is 9.64 Å². The van der Waals surface area contributed by atoms with Crippen molar-refractivity contribution in [2.45, 2.75) is 26.3 Å². The van der Waals surface area contributed by atoms with Gasteiger partial charge in [-0.15, -0.1) is 0 Å². The minimum Gasteiger partial charge on any atom is -0.508 e. The number of halogens is 1. The molecule has 1 aliphatic rings. The van der Waals surface area contributed by atoms with Crippen LogP contribution in [0.15, 0.2) is 72.3 Å². The first-order valence-corrected chi connectivity index (χ1v) is 12.4. The van der Waals surface area contributed by atoms with Gasteiger partial charge in [0, 0.05) is 11.3 Å². The SMILES string of the molecule is CCOC(=O)Cc1ccc(N2C(=O)C(=O)/C(=C(\O)c3ccc(Cl)c(OCC)c3)C2c2ccc(O)cc2)cc1. The van der Waals surface area contributed by atoms with Crippen LogP contribution in [0.1, 0.15) is 36.6 Å². The molecule has 2 N–H and O–H groups in total. The van der Waals surface area contributed by atoms with Gasteiger partial charge in [-0.3, -0.25) is 19.3 Å². The molecule has 1 atom stereocenters. The molecule has 3 aromatic rings. The number of carbonyl (C=O) groups excluding carboxylic acids is 3. The van der Waals surface area contributed by atoms with Gasteiger partial charge in [0.25, 0.3) is 11.7 Å². The molecule has 1 unspecified atom stereocenters. The number of aromatic hydroxyl groups is 1. The molecule has 1 saturated heterocycles. The number of hydrogen-bond donors (Lipinski definition) is 2. The van der Waals surface area contributed by atoms with Crippen molar-refractivity contribution in [1.82, 2.24) is 0 Å². The van der Waals surface area contributed by atoms with Gasteiger partial charge in [0.05, 0.1) is 36.3 Å². The second-order valence-corrected chi connectivity index (χ2v) is 8.89. The van der Waals surface area contributed by atoms with E-state index in [9.17, 15) is 24.6 Å². The number of esters is 1. The number of hydrogen-bond acceptors (Lipinski definition) is 7. The Hall–Kier alpha value is -4.30. The fourth-order valence-electron chi connectivity index (χ4n) is 4.30. The minimum atomic E-state index is -0.988. The second-order valence-electron chi connectivity index (χ2n) is 8.49. The molecule has 3 aromatic carbocycles. The van der Waals surface area contributed by atoms with Crippen LogP contribution in [-0.4, -0.2) is 41.1 Å².